The number of hydrogen-bond acceptors (Lipinski definition) is 4. The van der Waals surface area contributed by atoms with E-state index in [-0.39, 0.29) is 12.0 Å². The zero-order chi connectivity index (χ0) is 19.8. The predicted octanol–water partition coefficient (Wildman–Crippen LogP) is 1.86. The second-order valence-electron chi connectivity index (χ2n) is 6.47. The first-order valence-electron chi connectivity index (χ1n) is 8.17. The van der Waals surface area contributed by atoms with Crippen LogP contribution in [-0.4, -0.2) is 40.2 Å². The number of sulfonamides is 1. The summed E-state index contributed by atoms with van der Waals surface area (Å²) < 4.78 is 30.9. The van der Waals surface area contributed by atoms with Crippen molar-refractivity contribution in [2.24, 2.45) is 0 Å². The van der Waals surface area contributed by atoms with Crippen LogP contribution in [0.4, 0.5) is 0 Å². The molecule has 1 atom stereocenters. The van der Waals surface area contributed by atoms with Crippen LogP contribution in [0.1, 0.15) is 45.7 Å². The average molecular weight is 368 g/mol. The van der Waals surface area contributed by atoms with Crippen molar-refractivity contribution in [1.82, 2.24) is 9.95 Å². The molecule has 1 amide bonds. The van der Waals surface area contributed by atoms with Gasteiger partial charge in [0.25, 0.3) is 0 Å². The number of ether oxygens (including phenoxy) is 1. The Morgan fingerprint density at radius 2 is 1.84 bits per heavy atom. The number of carbonyl (C=O) groups is 1. The largest absolute Gasteiger partial charge is 0.488 e. The molecular weight excluding hydrogens is 339 g/mol. The Labute approximate surface area is 153 Å². The van der Waals surface area contributed by atoms with Crippen LogP contribution in [0.3, 0.4) is 0 Å². The van der Waals surface area contributed by atoms with Crippen LogP contribution in [0.25, 0.3) is 0 Å². The molecule has 0 aliphatic carbocycles. The highest BCUT2D eigenvalue weighted by molar-refractivity contribution is 7.88. The molecule has 6 nitrogen and oxygen atoms in total. The molecule has 2 radical (unpaired) electrons. The number of nitrogens with one attached hydrogen (secondary N) is 2. The lowest BCUT2D eigenvalue weighted by Gasteiger charge is -2.23. The van der Waals surface area contributed by atoms with Crippen molar-refractivity contribution in [3.8, 4) is 5.75 Å². The minimum Gasteiger partial charge on any atom is -0.488 e. The number of benzene rings is 1. The van der Waals surface area contributed by atoms with E-state index in [0.717, 1.165) is 23.1 Å². The predicted molar refractivity (Wildman–Crippen MR) is 102 cm³/mol. The van der Waals surface area contributed by atoms with Crippen LogP contribution >= 0.6 is 0 Å². The molecular formula is C17H29BN2O4S. The minimum absolute atomic E-state index is 0.187. The quantitative estimate of drug-likeness (QED) is 0.751. The molecule has 0 aliphatic heterocycles. The maximum Gasteiger partial charge on any atom is 0.226 e. The highest BCUT2D eigenvalue weighted by Crippen LogP contribution is 2.24. The van der Waals surface area contributed by atoms with E-state index in [0.29, 0.717) is 0 Å². The summed E-state index contributed by atoms with van der Waals surface area (Å²) >= 11 is 0. The molecule has 0 heterocycles. The molecule has 1 rings (SSSR count). The summed E-state index contributed by atoms with van der Waals surface area (Å²) in [6.07, 6.45) is 1.18. The van der Waals surface area contributed by atoms with Crippen LogP contribution < -0.4 is 14.7 Å². The van der Waals surface area contributed by atoms with Gasteiger partial charge in [-0.3, -0.25) is 4.79 Å². The van der Waals surface area contributed by atoms with Crippen LogP contribution in [0.2, 0.25) is 0 Å². The van der Waals surface area contributed by atoms with E-state index in [1.165, 1.54) is 0 Å². The van der Waals surface area contributed by atoms with Crippen molar-refractivity contribution < 1.29 is 17.9 Å². The van der Waals surface area contributed by atoms with Gasteiger partial charge in [0.15, 0.2) is 0 Å². The molecule has 2 N–H and O–H groups in total. The molecule has 0 bridgehead atoms. The Kier molecular flexibility index (Phi) is 9.22. The zero-order valence-electron chi connectivity index (χ0n) is 16.1. The van der Waals surface area contributed by atoms with Crippen LogP contribution in [0, 0.1) is 6.92 Å². The Balaban J connectivity index is 0.00000277. The van der Waals surface area contributed by atoms with Gasteiger partial charge >= 0.3 is 0 Å². The molecule has 0 saturated carbocycles. The number of rotatable bonds is 6. The summed E-state index contributed by atoms with van der Waals surface area (Å²) in [6.45, 7) is 11.8. The third kappa shape index (κ3) is 9.50. The maximum atomic E-state index is 11.7. The van der Waals surface area contributed by atoms with E-state index in [2.05, 4.69) is 4.72 Å². The van der Waals surface area contributed by atoms with E-state index in [1.807, 2.05) is 58.9 Å². The Morgan fingerprint density at radius 3 is 2.24 bits per heavy atom. The van der Waals surface area contributed by atoms with Crippen LogP contribution in [0.5, 0.6) is 5.75 Å². The fourth-order valence-corrected chi connectivity index (χ4v) is 2.77. The van der Waals surface area contributed by atoms with E-state index in [9.17, 15) is 13.2 Å². The summed E-state index contributed by atoms with van der Waals surface area (Å²) in [7, 11) is 1.58. The van der Waals surface area contributed by atoms with Gasteiger partial charge in [-0.25, -0.2) is 13.1 Å². The lowest BCUT2D eigenvalue weighted by Crippen LogP contribution is -2.47. The molecule has 0 fully saturated rings. The van der Waals surface area contributed by atoms with Gasteiger partial charge in [-0.2, -0.15) is 0 Å². The van der Waals surface area contributed by atoms with Crippen molar-refractivity contribution in [1.29, 1.82) is 0 Å². The maximum absolute atomic E-state index is 11.7. The lowest BCUT2D eigenvalue weighted by molar-refractivity contribution is -0.121. The van der Waals surface area contributed by atoms with Crippen molar-refractivity contribution in [3.63, 3.8) is 0 Å². The molecule has 25 heavy (non-hydrogen) atoms. The van der Waals surface area contributed by atoms with Gasteiger partial charge in [0.1, 0.15) is 17.4 Å². The summed E-state index contributed by atoms with van der Waals surface area (Å²) in [6, 6.07) is 4.51. The van der Waals surface area contributed by atoms with Gasteiger partial charge in [0, 0.05) is 0 Å². The van der Waals surface area contributed by atoms with Crippen LogP contribution in [-0.2, 0) is 21.2 Å². The van der Waals surface area contributed by atoms with Crippen molar-refractivity contribution >= 4 is 23.9 Å². The van der Waals surface area contributed by atoms with Gasteiger partial charge in [-0.1, -0.05) is 26.0 Å². The molecule has 0 aliphatic rings. The summed E-state index contributed by atoms with van der Waals surface area (Å²) in [5, 5.41) is 1.97. The zero-order valence-corrected chi connectivity index (χ0v) is 17.0. The second kappa shape index (κ2) is 9.82. The molecule has 0 saturated heterocycles. The molecule has 1 aromatic rings. The van der Waals surface area contributed by atoms with Crippen molar-refractivity contribution in [3.05, 3.63) is 29.3 Å². The normalized spacial score (nSPS) is 12.6. The smallest absolute Gasteiger partial charge is 0.226 e. The third-order valence-corrected chi connectivity index (χ3v) is 3.62. The average Bonchev–Trinajstić information content (AvgIpc) is 2.48. The molecule has 140 valence electrons. The fraction of sp³-hybridized carbons (Fsp3) is 0.588. The number of amides is 1. The van der Waals surface area contributed by atoms with Gasteiger partial charge in [-0.05, 0) is 51.3 Å². The number of hydrogen-bond donors (Lipinski definition) is 2. The van der Waals surface area contributed by atoms with E-state index >= 15 is 0 Å². The highest BCUT2D eigenvalue weighted by atomic mass is 32.2. The third-order valence-electron chi connectivity index (χ3n) is 2.91. The Morgan fingerprint density at radius 1 is 1.28 bits per heavy atom. The van der Waals surface area contributed by atoms with Crippen LogP contribution in [0.15, 0.2) is 18.2 Å². The topological polar surface area (TPSA) is 84.5 Å². The fourth-order valence-electron chi connectivity index (χ4n) is 2.07. The lowest BCUT2D eigenvalue weighted by atomic mass is 10.0. The Bertz CT molecular complexity index is 670. The SMILES string of the molecule is CC.[B]NC(=O)[C@H](Cc1ccc(OC(C)(C)C)c(C)c1)NS(C)(=O)=O. The first kappa shape index (κ1) is 23.5. The second-order valence-corrected chi connectivity index (χ2v) is 8.25. The van der Waals surface area contributed by atoms with E-state index in [4.69, 9.17) is 12.7 Å². The Hall–Kier alpha value is -1.54. The highest BCUT2D eigenvalue weighted by Gasteiger charge is 2.22. The number of carbonyl (C=O) groups excluding carboxylic acids is 1. The van der Waals surface area contributed by atoms with Gasteiger partial charge in [0.05, 0.1) is 6.26 Å². The molecule has 8 heteroatoms. The van der Waals surface area contributed by atoms with Gasteiger partial charge in [-0.15, -0.1) is 0 Å². The summed E-state index contributed by atoms with van der Waals surface area (Å²) in [5.41, 5.74) is 1.39. The first-order valence-corrected chi connectivity index (χ1v) is 10.1. The molecule has 0 spiro atoms. The molecule has 1 aromatic carbocycles. The first-order chi connectivity index (χ1) is 11.4. The standard InChI is InChI=1S/C15H23BN2O4S.C2H6/c1-10-8-11(6-7-13(10)22-15(2,3)4)9-12(14(19)17-16)18-23(5,20)21;1-2/h6-8,12,18H,9H2,1-5H3,(H,17,19);1-2H3/t12-;/m0./s1. The van der Waals surface area contributed by atoms with E-state index < -0.39 is 22.0 Å². The van der Waals surface area contributed by atoms with Gasteiger partial charge in [0.2, 0.25) is 23.9 Å². The summed E-state index contributed by atoms with van der Waals surface area (Å²) in [5.74, 6) is 0.153. The van der Waals surface area contributed by atoms with Crippen molar-refractivity contribution in [2.75, 3.05) is 6.26 Å². The number of aryl methyl sites for hydroxylation is 1. The van der Waals surface area contributed by atoms with E-state index in [1.54, 1.807) is 6.07 Å². The minimum atomic E-state index is -3.53. The summed E-state index contributed by atoms with van der Waals surface area (Å²) in [4.78, 5) is 11.7. The van der Waals surface area contributed by atoms with Gasteiger partial charge < -0.3 is 9.96 Å². The van der Waals surface area contributed by atoms with Crippen molar-refractivity contribution in [2.45, 2.75) is 59.6 Å². The molecule has 0 unspecified atom stereocenters. The monoisotopic (exact) mass is 368 g/mol. The molecule has 0 aromatic heterocycles.